The Morgan fingerprint density at radius 1 is 1.22 bits per heavy atom. The van der Waals surface area contributed by atoms with E-state index >= 15 is 0 Å². The minimum atomic E-state index is -3.61. The van der Waals surface area contributed by atoms with Gasteiger partial charge in [-0.1, -0.05) is 24.2 Å². The van der Waals surface area contributed by atoms with Gasteiger partial charge in [-0.25, -0.2) is 8.42 Å². The maximum atomic E-state index is 12.5. The van der Waals surface area contributed by atoms with Crippen molar-refractivity contribution >= 4 is 27.0 Å². The average molecular weight is 348 g/mol. The number of thiophene rings is 1. The quantitative estimate of drug-likeness (QED) is 0.754. The minimum Gasteiger partial charge on any atom is -0.355 e. The summed E-state index contributed by atoms with van der Waals surface area (Å²) in [6, 6.07) is 12.5. The lowest BCUT2D eigenvalue weighted by atomic mass is 10.1. The van der Waals surface area contributed by atoms with E-state index in [-0.39, 0.29) is 4.21 Å². The first-order chi connectivity index (χ1) is 11.0. The zero-order valence-electron chi connectivity index (χ0n) is 12.7. The standard InChI is InChI=1S/C16H16N2O3S2/c1-3-12-5-4-6-13(10-12)18-23(19,20)16-8-7-15(22-16)14-9-11(2)17-21-14/h4-10,18H,3H2,1-2H3. The molecule has 1 N–H and O–H groups in total. The van der Waals surface area contributed by atoms with Crippen LogP contribution in [0.4, 0.5) is 5.69 Å². The summed E-state index contributed by atoms with van der Waals surface area (Å²) >= 11 is 1.15. The fraction of sp³-hybridized carbons (Fsp3) is 0.188. The molecule has 0 atom stereocenters. The van der Waals surface area contributed by atoms with Crippen molar-refractivity contribution in [1.82, 2.24) is 5.16 Å². The third-order valence-electron chi connectivity index (χ3n) is 3.30. The van der Waals surface area contributed by atoms with Gasteiger partial charge in [-0.15, -0.1) is 11.3 Å². The van der Waals surface area contributed by atoms with Gasteiger partial charge in [-0.2, -0.15) is 0 Å². The van der Waals surface area contributed by atoms with Crippen LogP contribution in [0.3, 0.4) is 0 Å². The monoisotopic (exact) mass is 348 g/mol. The lowest BCUT2D eigenvalue weighted by Gasteiger charge is -2.07. The Labute approximate surface area is 139 Å². The number of nitrogens with zero attached hydrogens (tertiary/aromatic N) is 1. The van der Waals surface area contributed by atoms with Crippen molar-refractivity contribution in [2.75, 3.05) is 4.72 Å². The number of hydrogen-bond donors (Lipinski definition) is 1. The van der Waals surface area contributed by atoms with Crippen LogP contribution in [0.1, 0.15) is 18.2 Å². The summed E-state index contributed by atoms with van der Waals surface area (Å²) < 4.78 is 33.0. The fourth-order valence-electron chi connectivity index (χ4n) is 2.14. The van der Waals surface area contributed by atoms with Crippen LogP contribution in [0, 0.1) is 6.92 Å². The second-order valence-corrected chi connectivity index (χ2v) is 8.10. The van der Waals surface area contributed by atoms with Gasteiger partial charge < -0.3 is 4.52 Å². The van der Waals surface area contributed by atoms with Crippen LogP contribution in [-0.4, -0.2) is 13.6 Å². The summed E-state index contributed by atoms with van der Waals surface area (Å²) in [6.07, 6.45) is 0.851. The van der Waals surface area contributed by atoms with Crippen LogP contribution in [-0.2, 0) is 16.4 Å². The van der Waals surface area contributed by atoms with Crippen molar-refractivity contribution in [3.8, 4) is 10.6 Å². The molecule has 0 spiro atoms. The van der Waals surface area contributed by atoms with Gasteiger partial charge in [-0.3, -0.25) is 4.72 Å². The van der Waals surface area contributed by atoms with E-state index in [2.05, 4.69) is 9.88 Å². The van der Waals surface area contributed by atoms with Gasteiger partial charge in [-0.05, 0) is 43.2 Å². The average Bonchev–Trinajstić information content (AvgIpc) is 3.16. The van der Waals surface area contributed by atoms with Crippen LogP contribution < -0.4 is 4.72 Å². The first-order valence-corrected chi connectivity index (χ1v) is 9.43. The van der Waals surface area contributed by atoms with E-state index < -0.39 is 10.0 Å². The van der Waals surface area contributed by atoms with Crippen molar-refractivity contribution < 1.29 is 12.9 Å². The largest absolute Gasteiger partial charge is 0.355 e. The number of aryl methyl sites for hydroxylation is 2. The summed E-state index contributed by atoms with van der Waals surface area (Å²) in [6.45, 7) is 3.85. The third-order valence-corrected chi connectivity index (χ3v) is 6.28. The van der Waals surface area contributed by atoms with Crippen molar-refractivity contribution in [2.45, 2.75) is 24.5 Å². The Morgan fingerprint density at radius 3 is 2.74 bits per heavy atom. The molecule has 0 radical (unpaired) electrons. The highest BCUT2D eigenvalue weighted by Crippen LogP contribution is 2.32. The smallest absolute Gasteiger partial charge is 0.271 e. The molecule has 3 aromatic rings. The van der Waals surface area contributed by atoms with Crippen molar-refractivity contribution in [1.29, 1.82) is 0 Å². The highest BCUT2D eigenvalue weighted by molar-refractivity contribution is 7.94. The number of rotatable bonds is 5. The highest BCUT2D eigenvalue weighted by Gasteiger charge is 2.19. The Kier molecular flexibility index (Phi) is 4.23. The zero-order chi connectivity index (χ0) is 16.4. The maximum Gasteiger partial charge on any atom is 0.271 e. The molecule has 0 fully saturated rings. The molecule has 3 rings (SSSR count). The maximum absolute atomic E-state index is 12.5. The Bertz CT molecular complexity index is 926. The number of anilines is 1. The molecule has 0 unspecified atom stereocenters. The molecule has 7 heteroatoms. The summed E-state index contributed by atoms with van der Waals surface area (Å²) in [5, 5.41) is 3.82. The van der Waals surface area contributed by atoms with Gasteiger partial charge in [0.1, 0.15) is 4.21 Å². The van der Waals surface area contributed by atoms with Gasteiger partial charge in [0, 0.05) is 11.8 Å². The van der Waals surface area contributed by atoms with E-state index in [1.54, 1.807) is 24.3 Å². The van der Waals surface area contributed by atoms with Gasteiger partial charge >= 0.3 is 0 Å². The molecular formula is C16H16N2O3S2. The third kappa shape index (κ3) is 3.46. The summed E-state index contributed by atoms with van der Waals surface area (Å²) in [5.74, 6) is 0.571. The molecule has 0 saturated carbocycles. The van der Waals surface area contributed by atoms with Crippen LogP contribution in [0.5, 0.6) is 0 Å². The zero-order valence-corrected chi connectivity index (χ0v) is 14.4. The minimum absolute atomic E-state index is 0.239. The first-order valence-electron chi connectivity index (χ1n) is 7.13. The van der Waals surface area contributed by atoms with Crippen LogP contribution in [0.25, 0.3) is 10.6 Å². The summed E-state index contributed by atoms with van der Waals surface area (Å²) in [4.78, 5) is 0.730. The van der Waals surface area contributed by atoms with E-state index in [1.807, 2.05) is 32.0 Å². The molecule has 120 valence electrons. The lowest BCUT2D eigenvalue weighted by molar-refractivity contribution is 0.428. The molecule has 1 aromatic carbocycles. The fourth-order valence-corrected chi connectivity index (χ4v) is 4.44. The SMILES string of the molecule is CCc1cccc(NS(=O)(=O)c2ccc(-c3cc(C)no3)s2)c1. The van der Waals surface area contributed by atoms with E-state index in [0.29, 0.717) is 11.4 Å². The van der Waals surface area contributed by atoms with Gasteiger partial charge in [0.05, 0.1) is 10.6 Å². The predicted molar refractivity (Wildman–Crippen MR) is 91.2 cm³/mol. The molecule has 0 amide bonds. The molecule has 2 aromatic heterocycles. The Hall–Kier alpha value is -2.12. The molecule has 5 nitrogen and oxygen atoms in total. The Morgan fingerprint density at radius 2 is 2.04 bits per heavy atom. The number of hydrogen-bond acceptors (Lipinski definition) is 5. The molecule has 23 heavy (non-hydrogen) atoms. The molecule has 0 bridgehead atoms. The van der Waals surface area contributed by atoms with Crippen molar-refractivity contribution in [3.05, 3.63) is 53.7 Å². The number of benzene rings is 1. The first kappa shape index (κ1) is 15.8. The molecule has 0 saturated heterocycles. The molecule has 0 aliphatic rings. The predicted octanol–water partition coefficient (Wildman–Crippen LogP) is 4.07. The van der Waals surface area contributed by atoms with Gasteiger partial charge in [0.2, 0.25) is 0 Å². The molecule has 0 aliphatic carbocycles. The van der Waals surface area contributed by atoms with Gasteiger partial charge in [0.25, 0.3) is 10.0 Å². The molecule has 0 aliphatic heterocycles. The topological polar surface area (TPSA) is 72.2 Å². The van der Waals surface area contributed by atoms with Gasteiger partial charge in [0.15, 0.2) is 5.76 Å². The van der Waals surface area contributed by atoms with E-state index in [0.717, 1.165) is 33.9 Å². The second kappa shape index (κ2) is 6.17. The summed E-state index contributed by atoms with van der Waals surface area (Å²) in [5.41, 5.74) is 2.40. The van der Waals surface area contributed by atoms with E-state index in [9.17, 15) is 8.42 Å². The van der Waals surface area contributed by atoms with E-state index in [4.69, 9.17) is 4.52 Å². The Balaban J connectivity index is 1.86. The van der Waals surface area contributed by atoms with Crippen molar-refractivity contribution in [2.24, 2.45) is 0 Å². The van der Waals surface area contributed by atoms with E-state index in [1.165, 1.54) is 0 Å². The van der Waals surface area contributed by atoms with Crippen LogP contribution in [0.15, 0.2) is 51.2 Å². The lowest BCUT2D eigenvalue weighted by Crippen LogP contribution is -2.11. The highest BCUT2D eigenvalue weighted by atomic mass is 32.2. The normalized spacial score (nSPS) is 11.6. The number of sulfonamides is 1. The molecule has 2 heterocycles. The van der Waals surface area contributed by atoms with Crippen LogP contribution in [0.2, 0.25) is 0 Å². The van der Waals surface area contributed by atoms with Crippen LogP contribution >= 0.6 is 11.3 Å². The summed E-state index contributed by atoms with van der Waals surface area (Å²) in [7, 11) is -3.61. The molecular weight excluding hydrogens is 332 g/mol. The number of aromatic nitrogens is 1. The van der Waals surface area contributed by atoms with Crippen molar-refractivity contribution in [3.63, 3.8) is 0 Å². The second-order valence-electron chi connectivity index (χ2n) is 5.11. The number of nitrogens with one attached hydrogen (secondary N) is 1.